The van der Waals surface area contributed by atoms with E-state index in [1.807, 2.05) is 0 Å². The first-order valence-electron chi connectivity index (χ1n) is 5.59. The summed E-state index contributed by atoms with van der Waals surface area (Å²) in [6.45, 7) is 5.72. The molecule has 0 radical (unpaired) electrons. The quantitative estimate of drug-likeness (QED) is 0.839. The second-order valence-corrected chi connectivity index (χ2v) is 4.64. The minimum atomic E-state index is -0.602. The molecule has 0 heterocycles. The monoisotopic (exact) mass is 238 g/mol. The van der Waals surface area contributed by atoms with Crippen LogP contribution in [0.2, 0.25) is 0 Å². The standard InChI is InChI=1S/C13H19FN2O/c1-9-7-10(5-6-11(9)14)8-16-12(17)13(2,3)15-4/h5-7,15H,8H2,1-4H3,(H,16,17). The molecule has 0 fully saturated rings. The summed E-state index contributed by atoms with van der Waals surface area (Å²) >= 11 is 0. The summed E-state index contributed by atoms with van der Waals surface area (Å²) < 4.78 is 13.0. The van der Waals surface area contributed by atoms with Gasteiger partial charge < -0.3 is 10.6 Å². The summed E-state index contributed by atoms with van der Waals surface area (Å²) in [5.74, 6) is -0.308. The van der Waals surface area contributed by atoms with Crippen LogP contribution in [0, 0.1) is 12.7 Å². The molecule has 0 spiro atoms. The van der Waals surface area contributed by atoms with Crippen molar-refractivity contribution in [2.45, 2.75) is 32.9 Å². The minimum Gasteiger partial charge on any atom is -0.350 e. The van der Waals surface area contributed by atoms with Crippen molar-refractivity contribution >= 4 is 5.91 Å². The van der Waals surface area contributed by atoms with E-state index < -0.39 is 5.54 Å². The van der Waals surface area contributed by atoms with Crippen molar-refractivity contribution in [2.75, 3.05) is 7.05 Å². The number of likely N-dealkylation sites (N-methyl/N-ethyl adjacent to an activating group) is 1. The zero-order chi connectivity index (χ0) is 13.1. The van der Waals surface area contributed by atoms with Gasteiger partial charge in [-0.25, -0.2) is 4.39 Å². The Morgan fingerprint density at radius 1 is 1.41 bits per heavy atom. The fraction of sp³-hybridized carbons (Fsp3) is 0.462. The topological polar surface area (TPSA) is 41.1 Å². The van der Waals surface area contributed by atoms with Crippen molar-refractivity contribution in [1.82, 2.24) is 10.6 Å². The van der Waals surface area contributed by atoms with Gasteiger partial charge in [-0.15, -0.1) is 0 Å². The lowest BCUT2D eigenvalue weighted by Gasteiger charge is -2.22. The summed E-state index contributed by atoms with van der Waals surface area (Å²) in [6, 6.07) is 4.83. The molecule has 0 saturated carbocycles. The summed E-state index contributed by atoms with van der Waals surface area (Å²) in [7, 11) is 1.74. The minimum absolute atomic E-state index is 0.0815. The van der Waals surface area contributed by atoms with Crippen molar-refractivity contribution in [3.63, 3.8) is 0 Å². The molecule has 0 saturated heterocycles. The third kappa shape index (κ3) is 3.53. The maximum absolute atomic E-state index is 13.0. The zero-order valence-corrected chi connectivity index (χ0v) is 10.7. The Bertz CT molecular complexity index is 416. The third-order valence-electron chi connectivity index (χ3n) is 2.87. The average Bonchev–Trinajstić information content (AvgIpc) is 2.30. The van der Waals surface area contributed by atoms with Gasteiger partial charge in [0, 0.05) is 6.54 Å². The highest BCUT2D eigenvalue weighted by molar-refractivity contribution is 5.85. The van der Waals surface area contributed by atoms with Gasteiger partial charge in [0.1, 0.15) is 5.82 Å². The van der Waals surface area contributed by atoms with E-state index in [1.165, 1.54) is 6.07 Å². The third-order valence-corrected chi connectivity index (χ3v) is 2.87. The highest BCUT2D eigenvalue weighted by Crippen LogP contribution is 2.09. The first-order valence-corrected chi connectivity index (χ1v) is 5.59. The molecule has 17 heavy (non-hydrogen) atoms. The molecule has 0 aliphatic heterocycles. The van der Waals surface area contributed by atoms with E-state index in [2.05, 4.69) is 10.6 Å². The van der Waals surface area contributed by atoms with Gasteiger partial charge >= 0.3 is 0 Å². The van der Waals surface area contributed by atoms with Gasteiger partial charge in [0.15, 0.2) is 0 Å². The Kier molecular flexibility index (Phi) is 4.23. The molecule has 0 unspecified atom stereocenters. The van der Waals surface area contributed by atoms with Crippen LogP contribution in [0.25, 0.3) is 0 Å². The van der Waals surface area contributed by atoms with Gasteiger partial charge in [-0.1, -0.05) is 12.1 Å². The van der Waals surface area contributed by atoms with Crippen molar-refractivity contribution < 1.29 is 9.18 Å². The van der Waals surface area contributed by atoms with Gasteiger partial charge in [0.2, 0.25) is 5.91 Å². The summed E-state index contributed by atoms with van der Waals surface area (Å²) in [6.07, 6.45) is 0. The van der Waals surface area contributed by atoms with Gasteiger partial charge in [0.05, 0.1) is 5.54 Å². The highest BCUT2D eigenvalue weighted by atomic mass is 19.1. The summed E-state index contributed by atoms with van der Waals surface area (Å²) in [5.41, 5.74) is 0.878. The molecule has 1 rings (SSSR count). The second-order valence-electron chi connectivity index (χ2n) is 4.64. The fourth-order valence-electron chi connectivity index (χ4n) is 1.33. The van der Waals surface area contributed by atoms with Gasteiger partial charge in [0.25, 0.3) is 0 Å². The Labute approximate surface area is 101 Å². The van der Waals surface area contributed by atoms with Crippen LogP contribution >= 0.6 is 0 Å². The Morgan fingerprint density at radius 2 is 2.06 bits per heavy atom. The smallest absolute Gasteiger partial charge is 0.239 e. The molecule has 2 N–H and O–H groups in total. The van der Waals surface area contributed by atoms with Gasteiger partial charge in [-0.3, -0.25) is 4.79 Å². The van der Waals surface area contributed by atoms with E-state index >= 15 is 0 Å². The van der Waals surface area contributed by atoms with Crippen LogP contribution in [0.1, 0.15) is 25.0 Å². The van der Waals surface area contributed by atoms with Crippen molar-refractivity contribution in [2.24, 2.45) is 0 Å². The number of carbonyl (C=O) groups excluding carboxylic acids is 1. The summed E-state index contributed by atoms with van der Waals surface area (Å²) in [5, 5.41) is 5.74. The number of hydrogen-bond donors (Lipinski definition) is 2. The maximum atomic E-state index is 13.0. The molecule has 0 atom stereocenters. The molecule has 0 bridgehead atoms. The highest BCUT2D eigenvalue weighted by Gasteiger charge is 2.24. The number of aryl methyl sites for hydroxylation is 1. The molecule has 0 aliphatic rings. The van der Waals surface area contributed by atoms with Crippen LogP contribution in [-0.2, 0) is 11.3 Å². The number of amides is 1. The normalized spacial score (nSPS) is 11.4. The molecular formula is C13H19FN2O. The maximum Gasteiger partial charge on any atom is 0.239 e. The number of benzene rings is 1. The Balaban J connectivity index is 2.62. The van der Waals surface area contributed by atoms with E-state index in [0.29, 0.717) is 12.1 Å². The fourth-order valence-corrected chi connectivity index (χ4v) is 1.33. The van der Waals surface area contributed by atoms with Crippen LogP contribution < -0.4 is 10.6 Å². The number of carbonyl (C=O) groups is 1. The average molecular weight is 238 g/mol. The first kappa shape index (κ1) is 13.6. The van der Waals surface area contributed by atoms with Crippen molar-refractivity contribution in [1.29, 1.82) is 0 Å². The lowest BCUT2D eigenvalue weighted by Crippen LogP contribution is -2.50. The van der Waals surface area contributed by atoms with Gasteiger partial charge in [-0.05, 0) is 45.0 Å². The van der Waals surface area contributed by atoms with E-state index in [9.17, 15) is 9.18 Å². The molecule has 3 nitrogen and oxygen atoms in total. The van der Waals surface area contributed by atoms with Crippen LogP contribution in [0.5, 0.6) is 0 Å². The van der Waals surface area contributed by atoms with Crippen molar-refractivity contribution in [3.05, 3.63) is 35.1 Å². The lowest BCUT2D eigenvalue weighted by molar-refractivity contribution is -0.126. The molecule has 1 amide bonds. The number of rotatable bonds is 4. The molecular weight excluding hydrogens is 219 g/mol. The largest absolute Gasteiger partial charge is 0.350 e. The van der Waals surface area contributed by atoms with Gasteiger partial charge in [-0.2, -0.15) is 0 Å². The Morgan fingerprint density at radius 3 is 2.59 bits per heavy atom. The number of nitrogens with one attached hydrogen (secondary N) is 2. The summed E-state index contributed by atoms with van der Waals surface area (Å²) in [4.78, 5) is 11.8. The first-order chi connectivity index (χ1) is 7.86. The van der Waals surface area contributed by atoms with E-state index in [0.717, 1.165) is 5.56 Å². The molecule has 1 aromatic rings. The lowest BCUT2D eigenvalue weighted by atomic mass is 10.0. The molecule has 94 valence electrons. The van der Waals surface area contributed by atoms with Crippen LogP contribution in [0.3, 0.4) is 0 Å². The Hall–Kier alpha value is -1.42. The van der Waals surface area contributed by atoms with E-state index in [1.54, 1.807) is 40.0 Å². The van der Waals surface area contributed by atoms with Crippen LogP contribution in [0.15, 0.2) is 18.2 Å². The molecule has 0 aliphatic carbocycles. The second kappa shape index (κ2) is 5.27. The van der Waals surface area contributed by atoms with Crippen molar-refractivity contribution in [3.8, 4) is 0 Å². The zero-order valence-electron chi connectivity index (χ0n) is 10.7. The SMILES string of the molecule is CNC(C)(C)C(=O)NCc1ccc(F)c(C)c1. The molecule has 0 aromatic heterocycles. The molecule has 1 aromatic carbocycles. The van der Waals surface area contributed by atoms with E-state index in [4.69, 9.17) is 0 Å². The molecule has 4 heteroatoms. The predicted octanol–water partition coefficient (Wildman–Crippen LogP) is 1.75. The predicted molar refractivity (Wildman–Crippen MR) is 66.1 cm³/mol. The van der Waals surface area contributed by atoms with Crippen LogP contribution in [0.4, 0.5) is 4.39 Å². The number of hydrogen-bond acceptors (Lipinski definition) is 2. The van der Waals surface area contributed by atoms with Crippen LogP contribution in [-0.4, -0.2) is 18.5 Å². The van der Waals surface area contributed by atoms with E-state index in [-0.39, 0.29) is 11.7 Å². The number of halogens is 1.